The van der Waals surface area contributed by atoms with E-state index in [1.54, 1.807) is 30.3 Å². The number of hydrogen-bond donors (Lipinski definition) is 2. The Hall–Kier alpha value is -3.56. The van der Waals surface area contributed by atoms with Crippen molar-refractivity contribution in [3.05, 3.63) is 86.8 Å². The molecule has 192 valence electrons. The number of nitrogens with one attached hydrogen (secondary N) is 2. The van der Waals surface area contributed by atoms with Gasteiger partial charge in [0.05, 0.1) is 6.21 Å². The van der Waals surface area contributed by atoms with E-state index in [9.17, 15) is 9.59 Å². The predicted molar refractivity (Wildman–Crippen MR) is 144 cm³/mol. The minimum Gasteiger partial charge on any atom is -0.488 e. The number of halogens is 2. The second-order valence-electron chi connectivity index (χ2n) is 8.56. The van der Waals surface area contributed by atoms with Crippen LogP contribution >= 0.6 is 27.5 Å². The van der Waals surface area contributed by atoms with Gasteiger partial charge in [-0.1, -0.05) is 59.6 Å². The van der Waals surface area contributed by atoms with Gasteiger partial charge in [0.25, 0.3) is 11.8 Å². The third kappa shape index (κ3) is 6.81. The molecule has 2 amide bonds. The molecule has 0 fully saturated rings. The van der Waals surface area contributed by atoms with Gasteiger partial charge < -0.3 is 19.5 Å². The van der Waals surface area contributed by atoms with E-state index in [1.165, 1.54) is 6.21 Å². The Kier molecular flexibility index (Phi) is 8.68. The van der Waals surface area contributed by atoms with Gasteiger partial charge in [0, 0.05) is 26.2 Å². The second kappa shape index (κ2) is 12.1. The zero-order chi connectivity index (χ0) is 26.4. The number of carbonyl (C=O) groups is 2. The smallest absolute Gasteiger partial charge is 0.262 e. The highest BCUT2D eigenvalue weighted by Gasteiger charge is 2.25. The van der Waals surface area contributed by atoms with Gasteiger partial charge in [0.15, 0.2) is 11.5 Å². The number of nitrogens with zero attached hydrogens (tertiary/aromatic N) is 1. The average molecular weight is 587 g/mol. The van der Waals surface area contributed by atoms with Gasteiger partial charge in [-0.15, -0.1) is 0 Å². The van der Waals surface area contributed by atoms with Crippen LogP contribution < -0.4 is 25.0 Å². The molecular weight excluding hydrogens is 562 g/mol. The Morgan fingerprint density at radius 2 is 1.89 bits per heavy atom. The average Bonchev–Trinajstić information content (AvgIpc) is 3.35. The number of rotatable bonds is 9. The first kappa shape index (κ1) is 26.5. The van der Waals surface area contributed by atoms with E-state index in [2.05, 4.69) is 31.8 Å². The Bertz CT molecular complexity index is 1330. The quantitative estimate of drug-likeness (QED) is 0.261. The summed E-state index contributed by atoms with van der Waals surface area (Å²) in [6, 6.07) is 17.0. The molecule has 4 rings (SSSR count). The molecular formula is C27H25BrClN3O5. The number of fused-ring (bicyclic) bond motifs is 1. The van der Waals surface area contributed by atoms with E-state index >= 15 is 0 Å². The molecule has 3 aromatic carbocycles. The van der Waals surface area contributed by atoms with Crippen molar-refractivity contribution in [2.75, 3.05) is 6.79 Å². The summed E-state index contributed by atoms with van der Waals surface area (Å²) in [4.78, 5) is 25.7. The molecule has 0 bridgehead atoms. The fourth-order valence-corrected chi connectivity index (χ4v) is 4.12. The molecule has 1 unspecified atom stereocenters. The van der Waals surface area contributed by atoms with Crippen molar-refractivity contribution in [1.82, 2.24) is 10.7 Å². The summed E-state index contributed by atoms with van der Waals surface area (Å²) < 4.78 is 17.4. The lowest BCUT2D eigenvalue weighted by Crippen LogP contribution is -2.48. The van der Waals surface area contributed by atoms with Crippen LogP contribution in [0, 0.1) is 5.92 Å². The number of carbonyl (C=O) groups excluding carboxylic acids is 2. The first-order chi connectivity index (χ1) is 17.8. The predicted octanol–water partition coefficient (Wildman–Crippen LogP) is 5.31. The lowest BCUT2D eigenvalue weighted by molar-refractivity contribution is -0.123. The summed E-state index contributed by atoms with van der Waals surface area (Å²) in [6.45, 7) is 4.06. The Labute approximate surface area is 228 Å². The summed E-state index contributed by atoms with van der Waals surface area (Å²) in [5, 5.41) is 7.49. The van der Waals surface area contributed by atoms with Gasteiger partial charge in [-0.3, -0.25) is 9.59 Å². The maximum absolute atomic E-state index is 12.9. The van der Waals surface area contributed by atoms with E-state index in [0.29, 0.717) is 33.4 Å². The number of hydrazone groups is 1. The molecule has 0 aliphatic carbocycles. The molecule has 1 aliphatic rings. The molecule has 37 heavy (non-hydrogen) atoms. The van der Waals surface area contributed by atoms with Gasteiger partial charge in [-0.25, -0.2) is 5.43 Å². The van der Waals surface area contributed by atoms with E-state index in [-0.39, 0.29) is 19.3 Å². The Morgan fingerprint density at radius 3 is 2.68 bits per heavy atom. The standard InChI is InChI=1S/C27H25BrClN3O5/c1-16(2)25(31-26(33)17-7-9-23-24(12-17)37-15-36-23)27(34)32-30-13-19-11-20(28)8-10-22(19)35-14-18-5-3-4-6-21(18)29/h3-13,16,25H,14-15H2,1-2H3,(H,31,33)(H,32,34). The third-order valence-corrected chi connectivity index (χ3v) is 6.42. The van der Waals surface area contributed by atoms with Crippen LogP contribution in [-0.2, 0) is 11.4 Å². The Balaban J connectivity index is 1.41. The first-order valence-electron chi connectivity index (χ1n) is 11.5. The van der Waals surface area contributed by atoms with Crippen molar-refractivity contribution in [3.8, 4) is 17.2 Å². The highest BCUT2D eigenvalue weighted by Crippen LogP contribution is 2.32. The number of benzene rings is 3. The fourth-order valence-electron chi connectivity index (χ4n) is 3.55. The monoisotopic (exact) mass is 585 g/mol. The highest BCUT2D eigenvalue weighted by atomic mass is 79.9. The van der Waals surface area contributed by atoms with Crippen molar-refractivity contribution >= 4 is 45.6 Å². The van der Waals surface area contributed by atoms with E-state index < -0.39 is 17.9 Å². The van der Waals surface area contributed by atoms with Gasteiger partial charge in [0.1, 0.15) is 18.4 Å². The van der Waals surface area contributed by atoms with Gasteiger partial charge in [-0.05, 0) is 48.4 Å². The van der Waals surface area contributed by atoms with Crippen molar-refractivity contribution in [2.45, 2.75) is 26.5 Å². The van der Waals surface area contributed by atoms with Crippen molar-refractivity contribution in [1.29, 1.82) is 0 Å². The van der Waals surface area contributed by atoms with Crippen LogP contribution in [0.4, 0.5) is 0 Å². The van der Waals surface area contributed by atoms with E-state index in [1.807, 2.05) is 44.2 Å². The summed E-state index contributed by atoms with van der Waals surface area (Å²) in [5.41, 5.74) is 4.38. The Morgan fingerprint density at radius 1 is 1.11 bits per heavy atom. The van der Waals surface area contributed by atoms with Crippen LogP contribution in [0.25, 0.3) is 0 Å². The maximum Gasteiger partial charge on any atom is 0.262 e. The molecule has 0 radical (unpaired) electrons. The van der Waals surface area contributed by atoms with Crippen LogP contribution in [0.15, 0.2) is 70.2 Å². The maximum atomic E-state index is 12.9. The third-order valence-electron chi connectivity index (χ3n) is 5.56. The SMILES string of the molecule is CC(C)C(NC(=O)c1ccc2c(c1)OCO2)C(=O)NN=Cc1cc(Br)ccc1OCc1ccccc1Cl. The largest absolute Gasteiger partial charge is 0.488 e. The van der Waals surface area contributed by atoms with Crippen molar-refractivity contribution < 1.29 is 23.8 Å². The molecule has 8 nitrogen and oxygen atoms in total. The molecule has 10 heteroatoms. The second-order valence-corrected chi connectivity index (χ2v) is 9.88. The van der Waals surface area contributed by atoms with Crippen LogP contribution in [0.1, 0.15) is 35.3 Å². The summed E-state index contributed by atoms with van der Waals surface area (Å²) >= 11 is 9.67. The molecule has 3 aromatic rings. The summed E-state index contributed by atoms with van der Waals surface area (Å²) in [7, 11) is 0. The zero-order valence-corrected chi connectivity index (χ0v) is 22.5. The minimum absolute atomic E-state index is 0.111. The fraction of sp³-hybridized carbons (Fsp3) is 0.222. The number of ether oxygens (including phenoxy) is 3. The van der Waals surface area contributed by atoms with Crippen LogP contribution in [0.5, 0.6) is 17.2 Å². The van der Waals surface area contributed by atoms with Gasteiger partial charge in [0.2, 0.25) is 6.79 Å². The van der Waals surface area contributed by atoms with Crippen molar-refractivity contribution in [3.63, 3.8) is 0 Å². The minimum atomic E-state index is -0.812. The molecule has 2 N–H and O–H groups in total. The van der Waals surface area contributed by atoms with Crippen LogP contribution in [0.2, 0.25) is 5.02 Å². The number of hydrogen-bond acceptors (Lipinski definition) is 6. The first-order valence-corrected chi connectivity index (χ1v) is 12.7. The normalized spacial score (nSPS) is 13.0. The number of amides is 2. The molecule has 0 spiro atoms. The highest BCUT2D eigenvalue weighted by molar-refractivity contribution is 9.10. The van der Waals surface area contributed by atoms with Gasteiger partial charge in [-0.2, -0.15) is 5.10 Å². The molecule has 0 saturated heterocycles. The molecule has 1 heterocycles. The summed E-state index contributed by atoms with van der Waals surface area (Å²) in [6.07, 6.45) is 1.49. The van der Waals surface area contributed by atoms with Crippen molar-refractivity contribution in [2.24, 2.45) is 11.0 Å². The van der Waals surface area contributed by atoms with Crippen LogP contribution in [0.3, 0.4) is 0 Å². The lowest BCUT2D eigenvalue weighted by Gasteiger charge is -2.20. The zero-order valence-electron chi connectivity index (χ0n) is 20.2. The van der Waals surface area contributed by atoms with E-state index in [0.717, 1.165) is 10.0 Å². The molecule has 1 aliphatic heterocycles. The molecule has 1 atom stereocenters. The lowest BCUT2D eigenvalue weighted by atomic mass is 10.0. The topological polar surface area (TPSA) is 98.2 Å². The van der Waals surface area contributed by atoms with E-state index in [4.69, 9.17) is 25.8 Å². The van der Waals surface area contributed by atoms with Crippen LogP contribution in [-0.4, -0.2) is 30.9 Å². The summed E-state index contributed by atoms with van der Waals surface area (Å²) in [5.74, 6) is 0.592. The van der Waals surface area contributed by atoms with Gasteiger partial charge >= 0.3 is 0 Å². The molecule has 0 aromatic heterocycles. The molecule has 0 saturated carbocycles.